The molecule has 0 fully saturated rings. The number of fused-ring (bicyclic) bond motifs is 3. The van der Waals surface area contributed by atoms with Crippen molar-refractivity contribution in [1.29, 1.82) is 0 Å². The van der Waals surface area contributed by atoms with Gasteiger partial charge in [0.25, 0.3) is 0 Å². The monoisotopic (exact) mass is 642 g/mol. The van der Waals surface area contributed by atoms with E-state index in [9.17, 15) is 0 Å². The molecule has 0 radical (unpaired) electrons. The molecule has 1 atom stereocenters. The van der Waals surface area contributed by atoms with E-state index in [0.29, 0.717) is 9.54 Å². The van der Waals surface area contributed by atoms with Crippen LogP contribution in [-0.4, -0.2) is 3.21 Å². The van der Waals surface area contributed by atoms with E-state index < -0.39 is 21.3 Å². The Bertz CT molecular complexity index is 1240. The normalized spacial score (nSPS) is 16.7. The van der Waals surface area contributed by atoms with Crippen LogP contribution in [-0.2, 0) is 32.1 Å². The van der Waals surface area contributed by atoms with Gasteiger partial charge in [-0.25, -0.2) is 0 Å². The Labute approximate surface area is 260 Å². The third-order valence-electron chi connectivity index (χ3n) is 8.44. The molecule has 2 aromatic carbocycles. The summed E-state index contributed by atoms with van der Waals surface area (Å²) < 4.78 is 4.12. The van der Waals surface area contributed by atoms with Gasteiger partial charge in [-0.05, 0) is 0 Å². The Morgan fingerprint density at radius 2 is 1.18 bits per heavy atom. The summed E-state index contributed by atoms with van der Waals surface area (Å²) in [7, 11) is 0. The van der Waals surface area contributed by atoms with Gasteiger partial charge in [0.05, 0.1) is 0 Å². The van der Waals surface area contributed by atoms with Crippen LogP contribution in [0.15, 0.2) is 57.4 Å². The molecule has 3 heteroatoms. The summed E-state index contributed by atoms with van der Waals surface area (Å²) in [5, 5.41) is 0. The van der Waals surface area contributed by atoms with E-state index >= 15 is 0 Å². The van der Waals surface area contributed by atoms with Crippen molar-refractivity contribution < 1.29 is 46.1 Å². The molecule has 2 aliphatic carbocycles. The molecular weight excluding hydrogens is 595 g/mol. The minimum Gasteiger partial charge on any atom is -1.00 e. The van der Waals surface area contributed by atoms with Crippen molar-refractivity contribution in [3.63, 3.8) is 0 Å². The number of allylic oxidation sites excluding steroid dienone is 4. The first-order valence-corrected chi connectivity index (χ1v) is 18.3. The molecule has 0 aliphatic heterocycles. The summed E-state index contributed by atoms with van der Waals surface area (Å²) in [5.41, 5.74) is 11.2. The third kappa shape index (κ3) is 6.84. The molecular formula is C36H50Cl2Zr. The van der Waals surface area contributed by atoms with Crippen molar-refractivity contribution in [3.05, 3.63) is 79.7 Å². The van der Waals surface area contributed by atoms with E-state index in [2.05, 4.69) is 132 Å². The fraction of sp³-hybridized carbons (Fsp3) is 0.528. The van der Waals surface area contributed by atoms with E-state index in [1.807, 2.05) is 3.28 Å². The number of benzene rings is 2. The molecule has 2 aliphatic rings. The first-order valence-electron chi connectivity index (χ1n) is 14.4. The first kappa shape index (κ1) is 34.5. The van der Waals surface area contributed by atoms with Gasteiger partial charge in [0, 0.05) is 0 Å². The van der Waals surface area contributed by atoms with Crippen LogP contribution in [0.5, 0.6) is 0 Å². The van der Waals surface area contributed by atoms with E-state index in [4.69, 9.17) is 0 Å². The molecule has 0 saturated carbocycles. The summed E-state index contributed by atoms with van der Waals surface area (Å²) in [6.07, 6.45) is 7.85. The van der Waals surface area contributed by atoms with Gasteiger partial charge in [-0.15, -0.1) is 0 Å². The van der Waals surface area contributed by atoms with Gasteiger partial charge in [0.1, 0.15) is 0 Å². The largest absolute Gasteiger partial charge is 1.00 e. The maximum absolute atomic E-state index is 2.68. The number of rotatable bonds is 4. The molecule has 1 unspecified atom stereocenters. The maximum Gasteiger partial charge on any atom is -1.00 e. The molecule has 0 saturated heterocycles. The van der Waals surface area contributed by atoms with Crippen LogP contribution in [0.4, 0.5) is 0 Å². The zero-order valence-corrected chi connectivity index (χ0v) is 30.4. The Balaban J connectivity index is 0.00000267. The number of halogens is 2. The standard InChI is InChI=1S/C21H25.C12H19.C3H6.2ClH.Zr/c1-20(2,3)16-7-9-18-14(12-16)11-15-13-17(21(4,5)6)8-10-19(15)18;1-5-6-10-7-8-11(9-10)12(2,3)4;1-3-2;;;/h7-13H,1-6H3;8-10H,5-6H2,1-4H3;1-2H3;2*1H;/q;;;;;+2/p-2. The molecule has 0 N–H and O–H groups in total. The second-order valence-corrected chi connectivity index (χ2v) is 22.1. The summed E-state index contributed by atoms with van der Waals surface area (Å²) in [5.74, 6) is 0.618. The quantitative estimate of drug-likeness (QED) is 0.461. The maximum atomic E-state index is 2.68. The Kier molecular flexibility index (Phi) is 10.8. The fourth-order valence-corrected chi connectivity index (χ4v) is 14.8. The van der Waals surface area contributed by atoms with Crippen LogP contribution in [0, 0.1) is 11.3 Å². The van der Waals surface area contributed by atoms with Crippen LogP contribution in [0.1, 0.15) is 122 Å². The molecule has 0 spiro atoms. The van der Waals surface area contributed by atoms with Crippen LogP contribution in [0.2, 0.25) is 0 Å². The smallest absolute Gasteiger partial charge is 1.00 e. The molecule has 39 heavy (non-hydrogen) atoms. The van der Waals surface area contributed by atoms with E-state index in [-0.39, 0.29) is 41.1 Å². The molecule has 0 nitrogen and oxygen atoms in total. The first-order chi connectivity index (χ1) is 17.0. The van der Waals surface area contributed by atoms with Gasteiger partial charge in [0.15, 0.2) is 0 Å². The Morgan fingerprint density at radius 3 is 1.54 bits per heavy atom. The summed E-state index contributed by atoms with van der Waals surface area (Å²) in [6, 6.07) is 14.9. The third-order valence-corrected chi connectivity index (χ3v) is 16.8. The van der Waals surface area contributed by atoms with Gasteiger partial charge in [-0.1, -0.05) is 0 Å². The molecule has 0 bridgehead atoms. The predicted molar refractivity (Wildman–Crippen MR) is 161 cm³/mol. The number of hydrogen-bond acceptors (Lipinski definition) is 0. The van der Waals surface area contributed by atoms with Crippen LogP contribution in [0.3, 0.4) is 0 Å². The molecule has 212 valence electrons. The zero-order chi connectivity index (χ0) is 27.5. The second kappa shape index (κ2) is 12.2. The van der Waals surface area contributed by atoms with E-state index in [0.717, 1.165) is 0 Å². The SMILES string of the molecule is CCCC1C=C(C(C)(C)C)C=[C]1[Zr+2](=[C](C)C)[CH]1c2cc(C(C)(C)C)ccc2-c2ccc(C(C)(C)C)cc21.[Cl-].[Cl-]. The van der Waals surface area contributed by atoms with Crippen molar-refractivity contribution in [1.82, 2.24) is 0 Å². The van der Waals surface area contributed by atoms with Crippen molar-refractivity contribution >= 4 is 3.21 Å². The molecule has 0 heterocycles. The van der Waals surface area contributed by atoms with Gasteiger partial charge in [-0.2, -0.15) is 0 Å². The Morgan fingerprint density at radius 1 is 0.718 bits per heavy atom. The summed E-state index contributed by atoms with van der Waals surface area (Å²) >= 11 is -2.30. The van der Waals surface area contributed by atoms with Crippen molar-refractivity contribution in [2.45, 2.75) is 110 Å². The Hall–Kier alpha value is -0.747. The second-order valence-electron chi connectivity index (χ2n) is 14.8. The molecule has 0 aromatic heterocycles. The molecule has 2 aromatic rings. The average molecular weight is 645 g/mol. The summed E-state index contributed by atoms with van der Waals surface area (Å²) in [4.78, 5) is 0. The zero-order valence-electron chi connectivity index (χ0n) is 26.4. The van der Waals surface area contributed by atoms with Gasteiger partial charge >= 0.3 is 237 Å². The fourth-order valence-electron chi connectivity index (χ4n) is 6.17. The van der Waals surface area contributed by atoms with E-state index in [1.54, 1.807) is 19.9 Å². The van der Waals surface area contributed by atoms with Crippen molar-refractivity contribution in [3.8, 4) is 11.1 Å². The van der Waals surface area contributed by atoms with Gasteiger partial charge in [-0.3, -0.25) is 0 Å². The summed E-state index contributed by atoms with van der Waals surface area (Å²) in [6.45, 7) is 28.6. The minimum absolute atomic E-state index is 0. The predicted octanol–water partition coefficient (Wildman–Crippen LogP) is 4.48. The van der Waals surface area contributed by atoms with Crippen molar-refractivity contribution in [2.24, 2.45) is 11.3 Å². The van der Waals surface area contributed by atoms with Crippen LogP contribution in [0.25, 0.3) is 11.1 Å². The van der Waals surface area contributed by atoms with Gasteiger partial charge < -0.3 is 24.8 Å². The van der Waals surface area contributed by atoms with Crippen LogP contribution < -0.4 is 24.8 Å². The number of hydrogen-bond donors (Lipinski definition) is 0. The van der Waals surface area contributed by atoms with Crippen LogP contribution >= 0.6 is 0 Å². The molecule has 0 amide bonds. The van der Waals surface area contributed by atoms with Crippen molar-refractivity contribution in [2.75, 3.05) is 0 Å². The molecule has 4 rings (SSSR count). The topological polar surface area (TPSA) is 0 Å². The average Bonchev–Trinajstić information content (AvgIpc) is 3.32. The van der Waals surface area contributed by atoms with E-state index in [1.165, 1.54) is 35.1 Å². The minimum atomic E-state index is -2.30. The van der Waals surface area contributed by atoms with Gasteiger partial charge in [0.2, 0.25) is 0 Å².